The molecule has 24 heteroatoms. The third-order valence-electron chi connectivity index (χ3n) is 7.35. The summed E-state index contributed by atoms with van der Waals surface area (Å²) >= 11 is 0. The molecule has 0 fully saturated rings. The van der Waals surface area contributed by atoms with Gasteiger partial charge in [0.25, 0.3) is 0 Å². The van der Waals surface area contributed by atoms with E-state index in [2.05, 4.69) is 46.9 Å². The fourth-order valence-electron chi connectivity index (χ4n) is 4.86. The maximum atomic E-state index is 13.7. The number of aromatic nitrogens is 2. The van der Waals surface area contributed by atoms with E-state index in [1.165, 1.54) is 12.5 Å². The minimum Gasteiger partial charge on any atom is -0.481 e. The summed E-state index contributed by atoms with van der Waals surface area (Å²) < 4.78 is 5.06. The zero-order valence-electron chi connectivity index (χ0n) is 32.2. The van der Waals surface area contributed by atoms with Crippen molar-refractivity contribution in [2.45, 2.75) is 109 Å². The first-order valence-electron chi connectivity index (χ1n) is 17.6. The molecule has 57 heavy (non-hydrogen) atoms. The van der Waals surface area contributed by atoms with E-state index < -0.39 is 109 Å². The van der Waals surface area contributed by atoms with E-state index >= 15 is 0 Å². The molecule has 1 aromatic heterocycles. The Morgan fingerprint density at radius 2 is 1.33 bits per heavy atom. The summed E-state index contributed by atoms with van der Waals surface area (Å²) in [7, 11) is 0. The number of carbonyl (C=O) groups is 9. The quantitative estimate of drug-likeness (QED) is 0.0282. The van der Waals surface area contributed by atoms with Gasteiger partial charge < -0.3 is 68.4 Å². The van der Waals surface area contributed by atoms with Gasteiger partial charge in [0.05, 0.1) is 25.7 Å². The summed E-state index contributed by atoms with van der Waals surface area (Å²) in [6, 6.07) is -7.80. The van der Waals surface area contributed by atoms with E-state index in [9.17, 15) is 58.5 Å². The van der Waals surface area contributed by atoms with Crippen molar-refractivity contribution in [2.24, 2.45) is 22.4 Å². The second-order valence-corrected chi connectivity index (χ2v) is 14.1. The maximum Gasteiger partial charge on any atom is 0.408 e. The molecule has 5 atom stereocenters. The number of rotatable bonds is 24. The number of guanidine groups is 1. The fourth-order valence-corrected chi connectivity index (χ4v) is 4.86. The molecule has 0 radical (unpaired) electrons. The molecular weight excluding hydrogens is 758 g/mol. The molecule has 1 aromatic rings. The highest BCUT2D eigenvalue weighted by Gasteiger charge is 2.33. The number of hydrogen-bond donors (Lipinski definition) is 12. The Morgan fingerprint density at radius 1 is 0.789 bits per heavy atom. The Labute approximate surface area is 327 Å². The molecule has 0 aliphatic heterocycles. The number of aliphatic imine (C=N–C) groups is 1. The lowest BCUT2D eigenvalue weighted by Crippen LogP contribution is -2.59. The van der Waals surface area contributed by atoms with Gasteiger partial charge in [-0.05, 0) is 46.0 Å². The highest BCUT2D eigenvalue weighted by Crippen LogP contribution is 2.09. The highest BCUT2D eigenvalue weighted by atomic mass is 16.6. The van der Waals surface area contributed by atoms with Crippen molar-refractivity contribution in [2.75, 3.05) is 13.1 Å². The van der Waals surface area contributed by atoms with Crippen LogP contribution in [0.15, 0.2) is 17.5 Å². The van der Waals surface area contributed by atoms with E-state index in [-0.39, 0.29) is 44.1 Å². The van der Waals surface area contributed by atoms with E-state index in [4.69, 9.17) is 16.2 Å². The van der Waals surface area contributed by atoms with Crippen LogP contribution in [0.5, 0.6) is 0 Å². The molecule has 0 spiro atoms. The number of carboxylic acids is 3. The van der Waals surface area contributed by atoms with Crippen molar-refractivity contribution in [3.05, 3.63) is 18.2 Å². The summed E-state index contributed by atoms with van der Waals surface area (Å²) in [6.07, 6.45) is -0.639. The Morgan fingerprint density at radius 3 is 1.84 bits per heavy atom. The predicted octanol–water partition coefficient (Wildman–Crippen LogP) is -2.97. The maximum absolute atomic E-state index is 13.7. The van der Waals surface area contributed by atoms with Gasteiger partial charge in [0.1, 0.15) is 35.8 Å². The number of nitrogens with one attached hydrogen (secondary N) is 7. The van der Waals surface area contributed by atoms with Crippen LogP contribution in [0.1, 0.15) is 72.4 Å². The molecule has 0 aliphatic carbocycles. The molecule has 318 valence electrons. The molecule has 5 unspecified atom stereocenters. The Bertz CT molecular complexity index is 1610. The average molecular weight is 812 g/mol. The lowest BCUT2D eigenvalue weighted by atomic mass is 10.0. The number of carboxylic acid groups (broad SMARTS) is 3. The largest absolute Gasteiger partial charge is 0.481 e. The Hall–Kier alpha value is -6.49. The van der Waals surface area contributed by atoms with Gasteiger partial charge in [0, 0.05) is 24.9 Å². The molecular formula is C33H53N11O13. The third-order valence-corrected chi connectivity index (χ3v) is 7.35. The summed E-state index contributed by atoms with van der Waals surface area (Å²) in [5, 5.41) is 41.9. The number of aromatic amines is 1. The first kappa shape index (κ1) is 48.5. The monoisotopic (exact) mass is 811 g/mol. The van der Waals surface area contributed by atoms with Crippen LogP contribution in [0, 0.1) is 5.92 Å². The number of nitrogens with zero attached hydrogens (tertiary/aromatic N) is 2. The minimum absolute atomic E-state index is 0.000816. The van der Waals surface area contributed by atoms with Gasteiger partial charge in [-0.2, -0.15) is 0 Å². The Kier molecular flexibility index (Phi) is 20.0. The summed E-state index contributed by atoms with van der Waals surface area (Å²) in [4.78, 5) is 124. The van der Waals surface area contributed by atoms with Crippen LogP contribution in [-0.2, 0) is 49.5 Å². The summed E-state index contributed by atoms with van der Waals surface area (Å²) in [6.45, 7) is 7.24. The molecule has 0 saturated carbocycles. The zero-order valence-corrected chi connectivity index (χ0v) is 32.2. The Balaban J connectivity index is 3.28. The molecule has 1 heterocycles. The van der Waals surface area contributed by atoms with Crippen LogP contribution in [0.4, 0.5) is 4.79 Å². The molecule has 0 saturated heterocycles. The van der Waals surface area contributed by atoms with Gasteiger partial charge >= 0.3 is 24.0 Å². The second kappa shape index (κ2) is 23.4. The van der Waals surface area contributed by atoms with Gasteiger partial charge in [-0.1, -0.05) is 13.8 Å². The molecule has 1 rings (SSSR count). The number of carbonyl (C=O) groups excluding carboxylic acids is 6. The number of ether oxygens (including phenoxy) is 1. The average Bonchev–Trinajstić information content (AvgIpc) is 3.58. The molecule has 14 N–H and O–H groups in total. The number of imidazole rings is 1. The second-order valence-electron chi connectivity index (χ2n) is 14.1. The van der Waals surface area contributed by atoms with Crippen molar-refractivity contribution >= 4 is 59.5 Å². The molecule has 0 aromatic carbocycles. The normalized spacial score (nSPS) is 13.6. The van der Waals surface area contributed by atoms with Crippen molar-refractivity contribution < 1.29 is 63.2 Å². The zero-order chi connectivity index (χ0) is 43.5. The number of nitrogens with two attached hydrogens (primary N) is 2. The van der Waals surface area contributed by atoms with Gasteiger partial charge in [0.2, 0.25) is 29.5 Å². The SMILES string of the molecule is CC(C)CC(NC(=O)C(CC(=O)O)NC(=O)C(Cc1cnc[nH]1)NC(=O)C(CCCN=C(N)N)NC(=O)CNC(=O)C(CC(=O)O)NC(=O)OC(C)(C)C)C(=O)O. The number of H-pyrrole nitrogens is 1. The molecule has 0 bridgehead atoms. The number of hydrogen-bond acceptors (Lipinski definition) is 12. The number of amides is 6. The van der Waals surface area contributed by atoms with E-state index in [1.54, 1.807) is 34.6 Å². The van der Waals surface area contributed by atoms with Crippen LogP contribution in [0.2, 0.25) is 0 Å². The standard InChI is InChI=1S/C33H53N11O13/c1-16(2)9-22(30(54)55)43-29(53)21(12-25(48)49)42-28(52)19(10-17-13-36-15-39-17)41-27(51)18(7-6-8-37-31(34)35)40-23(45)14-38-26(50)20(11-24(46)47)44-32(56)57-33(3,4)5/h13,15-16,18-22H,6-12,14H2,1-5H3,(H,36,39)(H,38,50)(H,40,45)(H,41,51)(H,42,52)(H,43,53)(H,44,56)(H,46,47)(H,48,49)(H,54,55)(H4,34,35,37). The van der Waals surface area contributed by atoms with Crippen molar-refractivity contribution in [1.29, 1.82) is 0 Å². The van der Waals surface area contributed by atoms with Gasteiger partial charge in [0.15, 0.2) is 5.96 Å². The first-order valence-corrected chi connectivity index (χ1v) is 17.6. The van der Waals surface area contributed by atoms with E-state index in [1.807, 2.05) is 0 Å². The topological polar surface area (TPSA) is 389 Å². The summed E-state index contributed by atoms with van der Waals surface area (Å²) in [5.74, 6) is -9.93. The van der Waals surface area contributed by atoms with Gasteiger partial charge in [-0.25, -0.2) is 14.6 Å². The third kappa shape index (κ3) is 20.7. The van der Waals surface area contributed by atoms with Gasteiger partial charge in [-0.15, -0.1) is 0 Å². The molecule has 0 aliphatic rings. The van der Waals surface area contributed by atoms with Crippen LogP contribution < -0.4 is 43.4 Å². The molecule has 6 amide bonds. The number of aliphatic carboxylic acids is 3. The molecule has 24 nitrogen and oxygen atoms in total. The van der Waals surface area contributed by atoms with Gasteiger partial charge in [-0.3, -0.25) is 38.6 Å². The lowest BCUT2D eigenvalue weighted by Gasteiger charge is -2.26. The predicted molar refractivity (Wildman–Crippen MR) is 198 cm³/mol. The van der Waals surface area contributed by atoms with Crippen LogP contribution in [0.25, 0.3) is 0 Å². The lowest BCUT2D eigenvalue weighted by molar-refractivity contribution is -0.144. The van der Waals surface area contributed by atoms with Crippen molar-refractivity contribution in [3.63, 3.8) is 0 Å². The smallest absolute Gasteiger partial charge is 0.408 e. The fraction of sp³-hybridized carbons (Fsp3) is 0.606. The van der Waals surface area contributed by atoms with Crippen LogP contribution in [0.3, 0.4) is 0 Å². The summed E-state index contributed by atoms with van der Waals surface area (Å²) in [5.41, 5.74) is 10.1. The van der Waals surface area contributed by atoms with Crippen molar-refractivity contribution in [1.82, 2.24) is 41.9 Å². The minimum atomic E-state index is -1.78. The van der Waals surface area contributed by atoms with E-state index in [0.717, 1.165) is 0 Å². The van der Waals surface area contributed by atoms with E-state index in [0.29, 0.717) is 5.69 Å². The van der Waals surface area contributed by atoms with Crippen LogP contribution >= 0.6 is 0 Å². The van der Waals surface area contributed by atoms with Crippen molar-refractivity contribution in [3.8, 4) is 0 Å². The van der Waals surface area contributed by atoms with Crippen LogP contribution in [-0.4, -0.2) is 134 Å². The number of alkyl carbamates (subject to hydrolysis) is 1. The first-order chi connectivity index (χ1) is 26.5. The highest BCUT2D eigenvalue weighted by molar-refractivity contribution is 5.97.